The van der Waals surface area contributed by atoms with Gasteiger partial charge in [-0.2, -0.15) is 0 Å². The second-order valence-corrected chi connectivity index (χ2v) is 15.2. The smallest absolute Gasteiger partial charge is 0.0788 e. The molecule has 2 heterocycles. The van der Waals surface area contributed by atoms with E-state index in [0.717, 1.165) is 16.8 Å². The molecule has 0 fully saturated rings. The van der Waals surface area contributed by atoms with Crippen molar-refractivity contribution < 1.29 is 0 Å². The van der Waals surface area contributed by atoms with Gasteiger partial charge in [0.05, 0.1) is 16.6 Å². The topological polar surface area (TPSA) is 12.9 Å². The molecule has 0 N–H and O–H groups in total. The van der Waals surface area contributed by atoms with E-state index in [2.05, 4.69) is 176 Å². The fourth-order valence-corrected chi connectivity index (χ4v) is 11.0. The van der Waals surface area contributed by atoms with Crippen molar-refractivity contribution >= 4 is 53.2 Å². The Hall–Kier alpha value is -6.35. The van der Waals surface area contributed by atoms with Gasteiger partial charge in [0.1, 0.15) is 0 Å². The molecule has 0 saturated heterocycles. The number of nitrogens with zero attached hydrogens (tertiary/aromatic N) is 1. The third-order valence-electron chi connectivity index (χ3n) is 11.7. The highest BCUT2D eigenvalue weighted by Crippen LogP contribution is 2.64. The summed E-state index contributed by atoms with van der Waals surface area (Å²) < 4.78 is 2.62. The van der Waals surface area contributed by atoms with Crippen LogP contribution in [0.15, 0.2) is 176 Å². The first kappa shape index (κ1) is 28.4. The third kappa shape index (κ3) is 3.50. The molecule has 0 saturated carbocycles. The second-order valence-electron chi connectivity index (χ2n) is 14.1. The number of hydrogen-bond donors (Lipinski definition) is 0. The molecule has 2 aliphatic rings. The van der Waals surface area contributed by atoms with Crippen LogP contribution < -0.4 is 0 Å². The maximum atomic E-state index is 5.24. The summed E-state index contributed by atoms with van der Waals surface area (Å²) in [5.74, 6) is 0. The number of rotatable bonds is 2. The van der Waals surface area contributed by atoms with Crippen LogP contribution in [0.1, 0.15) is 22.3 Å². The van der Waals surface area contributed by atoms with E-state index in [4.69, 9.17) is 4.98 Å². The Morgan fingerprint density at radius 2 is 0.962 bits per heavy atom. The number of hydrogen-bond acceptors (Lipinski definition) is 2. The van der Waals surface area contributed by atoms with E-state index in [1.807, 2.05) is 11.3 Å². The Labute approximate surface area is 305 Å². The number of benzene rings is 8. The number of aromatic nitrogens is 1. The molecule has 12 rings (SSSR count). The summed E-state index contributed by atoms with van der Waals surface area (Å²) in [6, 6.07) is 65.1. The average Bonchev–Trinajstić information content (AvgIpc) is 3.85. The minimum Gasteiger partial charge on any atom is -0.247 e. The number of para-hydroxylation sites is 1. The Morgan fingerprint density at radius 1 is 0.385 bits per heavy atom. The van der Waals surface area contributed by atoms with Crippen molar-refractivity contribution in [2.45, 2.75) is 5.41 Å². The zero-order chi connectivity index (χ0) is 34.0. The molecule has 2 aromatic heterocycles. The van der Waals surface area contributed by atoms with Gasteiger partial charge >= 0.3 is 0 Å². The van der Waals surface area contributed by atoms with Crippen LogP contribution in [0.3, 0.4) is 0 Å². The summed E-state index contributed by atoms with van der Waals surface area (Å²) in [4.78, 5) is 5.24. The Bertz CT molecular complexity index is 3090. The standard InChI is InChI=1S/C50H29NS/c1-2-14-30(15-3-1)48-37-28-29-44-47(46(37)36-19-7-11-27-43(36)51-48)38-22-12-21-34(49(38)52-44)33-20-13-26-42-45(33)35-18-6-10-25-41(35)50(42)39-23-8-4-16-31(39)32-17-5-9-24-40(32)50/h1-29H. The second kappa shape index (κ2) is 10.4. The molecule has 1 nitrogen and oxygen atoms in total. The molecule has 0 atom stereocenters. The van der Waals surface area contributed by atoms with Gasteiger partial charge in [0.2, 0.25) is 0 Å². The quantitative estimate of drug-likeness (QED) is 0.166. The van der Waals surface area contributed by atoms with Gasteiger partial charge in [0, 0.05) is 47.5 Å². The predicted molar refractivity (Wildman–Crippen MR) is 219 cm³/mol. The van der Waals surface area contributed by atoms with Gasteiger partial charge in [0.25, 0.3) is 0 Å². The molecular formula is C50H29NS. The van der Waals surface area contributed by atoms with E-state index in [1.165, 1.54) is 92.0 Å². The monoisotopic (exact) mass is 675 g/mol. The molecule has 0 amide bonds. The molecule has 0 bridgehead atoms. The minimum absolute atomic E-state index is 0.362. The molecule has 1 spiro atoms. The van der Waals surface area contributed by atoms with Crippen molar-refractivity contribution in [3.8, 4) is 44.6 Å². The maximum Gasteiger partial charge on any atom is 0.0788 e. The van der Waals surface area contributed by atoms with Crippen LogP contribution >= 0.6 is 11.3 Å². The summed E-state index contributed by atoms with van der Waals surface area (Å²) >= 11 is 1.92. The van der Waals surface area contributed by atoms with Crippen molar-refractivity contribution in [3.63, 3.8) is 0 Å². The van der Waals surface area contributed by atoms with Gasteiger partial charge in [-0.3, -0.25) is 0 Å². The van der Waals surface area contributed by atoms with Gasteiger partial charge < -0.3 is 0 Å². The van der Waals surface area contributed by atoms with E-state index in [0.29, 0.717) is 0 Å². The Balaban J connectivity index is 1.18. The molecule has 0 aliphatic heterocycles. The maximum absolute atomic E-state index is 5.24. The molecule has 8 aromatic carbocycles. The van der Waals surface area contributed by atoms with Crippen LogP contribution in [-0.2, 0) is 5.41 Å². The molecular weight excluding hydrogens is 647 g/mol. The van der Waals surface area contributed by atoms with Crippen LogP contribution in [0.4, 0.5) is 0 Å². The Morgan fingerprint density at radius 3 is 1.75 bits per heavy atom. The van der Waals surface area contributed by atoms with Crippen LogP contribution in [0, 0.1) is 0 Å². The summed E-state index contributed by atoms with van der Waals surface area (Å²) in [6.07, 6.45) is 0. The lowest BCUT2D eigenvalue weighted by Gasteiger charge is -2.30. The largest absolute Gasteiger partial charge is 0.247 e. The molecule has 0 radical (unpaired) electrons. The predicted octanol–water partition coefficient (Wildman–Crippen LogP) is 13.4. The number of pyridine rings is 1. The fraction of sp³-hybridized carbons (Fsp3) is 0.0200. The highest BCUT2D eigenvalue weighted by atomic mass is 32.1. The van der Waals surface area contributed by atoms with Crippen LogP contribution in [0.2, 0.25) is 0 Å². The minimum atomic E-state index is -0.362. The fourth-order valence-electron chi connectivity index (χ4n) is 9.73. The van der Waals surface area contributed by atoms with Crippen molar-refractivity contribution in [3.05, 3.63) is 198 Å². The van der Waals surface area contributed by atoms with E-state index in [-0.39, 0.29) is 5.41 Å². The van der Waals surface area contributed by atoms with Crippen molar-refractivity contribution in [2.24, 2.45) is 0 Å². The lowest BCUT2D eigenvalue weighted by molar-refractivity contribution is 0.794. The summed E-state index contributed by atoms with van der Waals surface area (Å²) in [5, 5.41) is 6.29. The molecule has 2 heteroatoms. The third-order valence-corrected chi connectivity index (χ3v) is 12.9. The number of fused-ring (bicyclic) bond motifs is 17. The first-order valence-corrected chi connectivity index (χ1v) is 18.8. The van der Waals surface area contributed by atoms with Gasteiger partial charge in [-0.25, -0.2) is 4.98 Å². The summed E-state index contributed by atoms with van der Waals surface area (Å²) in [6.45, 7) is 0. The van der Waals surface area contributed by atoms with Crippen LogP contribution in [0.25, 0.3) is 86.5 Å². The molecule has 10 aromatic rings. The highest BCUT2D eigenvalue weighted by Gasteiger charge is 2.52. The molecule has 52 heavy (non-hydrogen) atoms. The first-order valence-electron chi connectivity index (χ1n) is 18.0. The highest BCUT2D eigenvalue weighted by molar-refractivity contribution is 7.26. The molecule has 240 valence electrons. The molecule has 0 unspecified atom stereocenters. The van der Waals surface area contributed by atoms with Gasteiger partial charge in [-0.15, -0.1) is 11.3 Å². The van der Waals surface area contributed by atoms with E-state index in [9.17, 15) is 0 Å². The van der Waals surface area contributed by atoms with Gasteiger partial charge in [-0.1, -0.05) is 164 Å². The van der Waals surface area contributed by atoms with E-state index in [1.54, 1.807) is 0 Å². The van der Waals surface area contributed by atoms with Crippen LogP contribution in [-0.4, -0.2) is 4.98 Å². The lowest BCUT2D eigenvalue weighted by atomic mass is 9.70. The number of thiophene rings is 1. The Kier molecular flexibility index (Phi) is 5.65. The van der Waals surface area contributed by atoms with Crippen molar-refractivity contribution in [1.29, 1.82) is 0 Å². The lowest BCUT2D eigenvalue weighted by Crippen LogP contribution is -2.25. The van der Waals surface area contributed by atoms with Gasteiger partial charge in [0.15, 0.2) is 0 Å². The SMILES string of the molecule is c1ccc(-c2nc3ccccc3c3c2ccc2sc4c(-c5cccc6c5-c5ccccc5C65c6ccccc6-c6ccccc65)cccc4c23)cc1. The van der Waals surface area contributed by atoms with Crippen LogP contribution in [0.5, 0.6) is 0 Å². The van der Waals surface area contributed by atoms with E-state index >= 15 is 0 Å². The van der Waals surface area contributed by atoms with Crippen molar-refractivity contribution in [1.82, 2.24) is 4.98 Å². The zero-order valence-electron chi connectivity index (χ0n) is 28.1. The molecule has 2 aliphatic carbocycles. The normalized spacial score (nSPS) is 13.5. The van der Waals surface area contributed by atoms with E-state index < -0.39 is 0 Å². The zero-order valence-corrected chi connectivity index (χ0v) is 28.9. The average molecular weight is 676 g/mol. The van der Waals surface area contributed by atoms with Gasteiger partial charge in [-0.05, 0) is 62.2 Å². The van der Waals surface area contributed by atoms with Crippen molar-refractivity contribution in [2.75, 3.05) is 0 Å². The summed E-state index contributed by atoms with van der Waals surface area (Å²) in [5.41, 5.74) is 16.3. The summed E-state index contributed by atoms with van der Waals surface area (Å²) in [7, 11) is 0. The first-order chi connectivity index (χ1) is 25.8.